The Bertz CT molecular complexity index is 1310. The molecule has 0 unspecified atom stereocenters. The molecule has 0 saturated heterocycles. The normalized spacial score (nSPS) is 13.7. The fourth-order valence-electron chi connectivity index (χ4n) is 4.26. The van der Waals surface area contributed by atoms with E-state index >= 15 is 0 Å². The first-order chi connectivity index (χ1) is 17.4. The van der Waals surface area contributed by atoms with E-state index in [2.05, 4.69) is 15.4 Å². The average Bonchev–Trinajstić information content (AvgIpc) is 3.40. The highest BCUT2D eigenvalue weighted by atomic mass is 32.2. The molecule has 1 saturated carbocycles. The molecule has 1 aliphatic rings. The lowest BCUT2D eigenvalue weighted by Gasteiger charge is -2.16. The van der Waals surface area contributed by atoms with Crippen LogP contribution in [0.15, 0.2) is 71.6 Å². The molecule has 0 atom stereocenters. The summed E-state index contributed by atoms with van der Waals surface area (Å²) in [6.07, 6.45) is 4.02. The van der Waals surface area contributed by atoms with Crippen LogP contribution in [-0.4, -0.2) is 34.6 Å². The predicted octanol–water partition coefficient (Wildman–Crippen LogP) is 4.79. The van der Waals surface area contributed by atoms with Crippen LogP contribution in [0.1, 0.15) is 41.6 Å². The lowest BCUT2D eigenvalue weighted by molar-refractivity contribution is 0.0937. The Hall–Kier alpha value is -3.72. The van der Waals surface area contributed by atoms with Gasteiger partial charge in [-0.25, -0.2) is 8.42 Å². The van der Waals surface area contributed by atoms with Gasteiger partial charge in [0.1, 0.15) is 11.5 Å². The van der Waals surface area contributed by atoms with Gasteiger partial charge in [-0.15, -0.1) is 0 Å². The highest BCUT2D eigenvalue weighted by molar-refractivity contribution is 7.92. The Morgan fingerprint density at radius 3 is 2.36 bits per heavy atom. The van der Waals surface area contributed by atoms with Crippen LogP contribution in [-0.2, 0) is 16.6 Å². The third-order valence-electron chi connectivity index (χ3n) is 6.17. The number of para-hydroxylation sites is 1. The maximum absolute atomic E-state index is 13.2. The topological polar surface area (TPSA) is 106 Å². The number of nitrogens with one attached hydrogen (secondary N) is 3. The van der Waals surface area contributed by atoms with Gasteiger partial charge in [-0.1, -0.05) is 31.0 Å². The molecule has 3 aromatic rings. The summed E-state index contributed by atoms with van der Waals surface area (Å²) in [4.78, 5) is 13.0. The van der Waals surface area contributed by atoms with E-state index in [1.807, 2.05) is 6.07 Å². The van der Waals surface area contributed by atoms with Crippen LogP contribution in [0.25, 0.3) is 0 Å². The Balaban J connectivity index is 1.64. The number of carbonyl (C=O) groups excluding carboxylic acids is 1. The number of carbonyl (C=O) groups is 1. The van der Waals surface area contributed by atoms with E-state index in [9.17, 15) is 13.2 Å². The molecular formula is C27H31N3O5S. The van der Waals surface area contributed by atoms with E-state index in [1.165, 1.54) is 12.1 Å². The fourth-order valence-corrected chi connectivity index (χ4v) is 5.39. The molecule has 9 heteroatoms. The van der Waals surface area contributed by atoms with Crippen molar-refractivity contribution in [1.82, 2.24) is 5.32 Å². The predicted molar refractivity (Wildman–Crippen MR) is 140 cm³/mol. The maximum atomic E-state index is 13.2. The minimum absolute atomic E-state index is 0.00877. The van der Waals surface area contributed by atoms with E-state index in [0.29, 0.717) is 29.4 Å². The summed E-state index contributed by atoms with van der Waals surface area (Å²) in [5.74, 6) is 1.05. The van der Waals surface area contributed by atoms with Crippen molar-refractivity contribution in [3.8, 4) is 11.5 Å². The third kappa shape index (κ3) is 6.28. The van der Waals surface area contributed by atoms with Gasteiger partial charge in [-0.3, -0.25) is 9.52 Å². The van der Waals surface area contributed by atoms with Gasteiger partial charge in [0.05, 0.1) is 19.1 Å². The summed E-state index contributed by atoms with van der Waals surface area (Å²) >= 11 is 0. The van der Waals surface area contributed by atoms with E-state index in [4.69, 9.17) is 9.47 Å². The second kappa shape index (κ2) is 11.3. The molecular weight excluding hydrogens is 478 g/mol. The van der Waals surface area contributed by atoms with Gasteiger partial charge in [0.25, 0.3) is 15.9 Å². The first-order valence-corrected chi connectivity index (χ1v) is 13.3. The molecule has 36 heavy (non-hydrogen) atoms. The lowest BCUT2D eigenvalue weighted by Crippen LogP contribution is -2.32. The number of sulfonamides is 1. The number of anilines is 2. The Morgan fingerprint density at radius 1 is 0.917 bits per heavy atom. The molecule has 0 radical (unpaired) electrons. The van der Waals surface area contributed by atoms with Gasteiger partial charge in [0.15, 0.2) is 0 Å². The van der Waals surface area contributed by atoms with Crippen LogP contribution >= 0.6 is 0 Å². The molecule has 4 rings (SSSR count). The molecule has 1 amide bonds. The molecule has 0 spiro atoms. The second-order valence-corrected chi connectivity index (χ2v) is 10.4. The third-order valence-corrected chi connectivity index (χ3v) is 7.53. The SMILES string of the molecule is COc1ccc(OC)c(CNc2cc(C(=O)NC3CCCC3)cc(S(=O)(=O)Nc3ccccc3)c2)c1. The summed E-state index contributed by atoms with van der Waals surface area (Å²) in [6, 6.07) is 18.8. The number of hydrogen-bond donors (Lipinski definition) is 3. The zero-order chi connectivity index (χ0) is 25.5. The number of rotatable bonds is 10. The van der Waals surface area contributed by atoms with Crippen molar-refractivity contribution in [3.63, 3.8) is 0 Å². The summed E-state index contributed by atoms with van der Waals surface area (Å²) < 4.78 is 39.8. The number of amides is 1. The molecule has 1 aliphatic carbocycles. The Labute approximate surface area is 212 Å². The first-order valence-electron chi connectivity index (χ1n) is 11.9. The standard InChI is InChI=1S/C27H31N3O5S/c1-34-24-12-13-26(35-2)20(15-24)18-28-23-14-19(27(31)29-21-8-6-7-9-21)16-25(17-23)36(32,33)30-22-10-4-3-5-11-22/h3-5,10-17,21,28,30H,6-9,18H2,1-2H3,(H,29,31). The number of benzene rings is 3. The first kappa shape index (κ1) is 25.4. The van der Waals surface area contributed by atoms with Crippen molar-refractivity contribution in [2.45, 2.75) is 43.2 Å². The molecule has 3 N–H and O–H groups in total. The lowest BCUT2D eigenvalue weighted by atomic mass is 10.1. The Kier molecular flexibility index (Phi) is 8.00. The average molecular weight is 510 g/mol. The molecule has 1 fully saturated rings. The van der Waals surface area contributed by atoms with Crippen LogP contribution in [0, 0.1) is 0 Å². The number of hydrogen-bond acceptors (Lipinski definition) is 6. The van der Waals surface area contributed by atoms with E-state index in [1.54, 1.807) is 62.8 Å². The van der Waals surface area contributed by atoms with Crippen LogP contribution in [0.2, 0.25) is 0 Å². The molecule has 0 heterocycles. The van der Waals surface area contributed by atoms with E-state index < -0.39 is 10.0 Å². The van der Waals surface area contributed by atoms with Gasteiger partial charge < -0.3 is 20.1 Å². The zero-order valence-corrected chi connectivity index (χ0v) is 21.2. The van der Waals surface area contributed by atoms with E-state index in [0.717, 1.165) is 31.2 Å². The molecule has 8 nitrogen and oxygen atoms in total. The highest BCUT2D eigenvalue weighted by Crippen LogP contribution is 2.27. The largest absolute Gasteiger partial charge is 0.497 e. The molecule has 190 valence electrons. The summed E-state index contributed by atoms with van der Waals surface area (Å²) in [7, 11) is -0.772. The van der Waals surface area contributed by atoms with Crippen LogP contribution in [0.3, 0.4) is 0 Å². The van der Waals surface area contributed by atoms with Crippen LogP contribution in [0.4, 0.5) is 11.4 Å². The monoisotopic (exact) mass is 509 g/mol. The van der Waals surface area contributed by atoms with Crippen LogP contribution < -0.4 is 24.8 Å². The summed E-state index contributed by atoms with van der Waals surface area (Å²) in [6.45, 7) is 0.333. The number of ether oxygens (including phenoxy) is 2. The van der Waals surface area contributed by atoms with Crippen molar-refractivity contribution in [2.75, 3.05) is 24.3 Å². The summed E-state index contributed by atoms with van der Waals surface area (Å²) in [5, 5.41) is 6.28. The minimum Gasteiger partial charge on any atom is -0.497 e. The minimum atomic E-state index is -3.94. The van der Waals surface area contributed by atoms with Crippen molar-refractivity contribution >= 4 is 27.3 Å². The fraction of sp³-hybridized carbons (Fsp3) is 0.296. The molecule has 0 aliphatic heterocycles. The van der Waals surface area contributed by atoms with E-state index in [-0.39, 0.29) is 22.4 Å². The van der Waals surface area contributed by atoms with Crippen molar-refractivity contribution in [2.24, 2.45) is 0 Å². The van der Waals surface area contributed by atoms with Crippen molar-refractivity contribution in [3.05, 3.63) is 77.9 Å². The smallest absolute Gasteiger partial charge is 0.261 e. The van der Waals surface area contributed by atoms with Crippen LogP contribution in [0.5, 0.6) is 11.5 Å². The molecule has 0 bridgehead atoms. The van der Waals surface area contributed by atoms with Crippen molar-refractivity contribution in [1.29, 1.82) is 0 Å². The summed E-state index contributed by atoms with van der Waals surface area (Å²) in [5.41, 5.74) is 2.03. The zero-order valence-electron chi connectivity index (χ0n) is 20.4. The van der Waals surface area contributed by atoms with Gasteiger partial charge >= 0.3 is 0 Å². The van der Waals surface area contributed by atoms with Gasteiger partial charge in [-0.2, -0.15) is 0 Å². The van der Waals surface area contributed by atoms with Gasteiger partial charge in [0, 0.05) is 35.1 Å². The van der Waals surface area contributed by atoms with Gasteiger partial charge in [0.2, 0.25) is 0 Å². The Morgan fingerprint density at radius 2 is 1.67 bits per heavy atom. The number of methoxy groups -OCH3 is 2. The maximum Gasteiger partial charge on any atom is 0.261 e. The molecule has 0 aromatic heterocycles. The van der Waals surface area contributed by atoms with Gasteiger partial charge in [-0.05, 0) is 61.4 Å². The molecule has 3 aromatic carbocycles. The second-order valence-electron chi connectivity index (χ2n) is 8.70. The quantitative estimate of drug-likeness (QED) is 0.363. The highest BCUT2D eigenvalue weighted by Gasteiger charge is 2.22. The van der Waals surface area contributed by atoms with Crippen molar-refractivity contribution < 1.29 is 22.7 Å².